The standard InChI is InChI=1S/C16H23NO3/c1-11(16(19)17-13-5-3-4-6-13)15(18)12-7-9-14(20-2)10-8-12/h7-11,13,15,18H,3-6H2,1-2H3,(H,17,19)/t11-,15+/m1/s1. The Kier molecular flexibility index (Phi) is 5.01. The van der Waals surface area contributed by atoms with E-state index in [1.165, 1.54) is 12.8 Å². The molecule has 0 saturated heterocycles. The fourth-order valence-electron chi connectivity index (χ4n) is 2.64. The molecule has 0 aromatic heterocycles. The number of methoxy groups -OCH3 is 1. The molecule has 2 N–H and O–H groups in total. The van der Waals surface area contributed by atoms with Gasteiger partial charge >= 0.3 is 0 Å². The molecule has 1 aliphatic rings. The summed E-state index contributed by atoms with van der Waals surface area (Å²) >= 11 is 0. The molecule has 0 aliphatic heterocycles. The first-order valence-electron chi connectivity index (χ1n) is 7.24. The molecule has 4 nitrogen and oxygen atoms in total. The van der Waals surface area contributed by atoms with Crippen LogP contribution in [0.1, 0.15) is 44.3 Å². The van der Waals surface area contributed by atoms with Crippen LogP contribution < -0.4 is 10.1 Å². The minimum absolute atomic E-state index is 0.0692. The Morgan fingerprint density at radius 3 is 2.45 bits per heavy atom. The van der Waals surface area contributed by atoms with Crippen molar-refractivity contribution < 1.29 is 14.6 Å². The van der Waals surface area contributed by atoms with Crippen molar-refractivity contribution in [3.8, 4) is 5.75 Å². The van der Waals surface area contributed by atoms with Crippen LogP contribution in [0.15, 0.2) is 24.3 Å². The molecule has 2 atom stereocenters. The zero-order valence-electron chi connectivity index (χ0n) is 12.1. The average molecular weight is 277 g/mol. The third-order valence-corrected chi connectivity index (χ3v) is 4.05. The number of benzene rings is 1. The normalized spacial score (nSPS) is 18.6. The lowest BCUT2D eigenvalue weighted by Gasteiger charge is -2.21. The fraction of sp³-hybridized carbons (Fsp3) is 0.562. The van der Waals surface area contributed by atoms with Crippen LogP contribution in [0.4, 0.5) is 0 Å². The summed E-state index contributed by atoms with van der Waals surface area (Å²) in [5.74, 6) is 0.216. The number of nitrogens with one attached hydrogen (secondary N) is 1. The first-order chi connectivity index (χ1) is 9.61. The van der Waals surface area contributed by atoms with E-state index in [0.717, 1.165) is 24.2 Å². The molecular weight excluding hydrogens is 254 g/mol. The van der Waals surface area contributed by atoms with E-state index in [1.807, 2.05) is 0 Å². The minimum atomic E-state index is -0.790. The van der Waals surface area contributed by atoms with Crippen LogP contribution in [0.2, 0.25) is 0 Å². The van der Waals surface area contributed by atoms with Gasteiger partial charge in [-0.2, -0.15) is 0 Å². The van der Waals surface area contributed by atoms with Gasteiger partial charge in [0.15, 0.2) is 0 Å². The lowest BCUT2D eigenvalue weighted by atomic mass is 9.96. The van der Waals surface area contributed by atoms with Gasteiger partial charge in [-0.05, 0) is 30.5 Å². The number of amides is 1. The second-order valence-corrected chi connectivity index (χ2v) is 5.50. The number of aliphatic hydroxyl groups is 1. The van der Waals surface area contributed by atoms with Gasteiger partial charge in [-0.15, -0.1) is 0 Å². The molecule has 1 aliphatic carbocycles. The largest absolute Gasteiger partial charge is 0.497 e. The molecular formula is C16H23NO3. The molecule has 4 heteroatoms. The zero-order valence-corrected chi connectivity index (χ0v) is 12.1. The molecule has 1 amide bonds. The summed E-state index contributed by atoms with van der Waals surface area (Å²) in [5.41, 5.74) is 0.736. The van der Waals surface area contributed by atoms with Crippen molar-refractivity contribution in [3.63, 3.8) is 0 Å². The molecule has 1 aromatic carbocycles. The molecule has 0 radical (unpaired) electrons. The van der Waals surface area contributed by atoms with Gasteiger partial charge in [0.05, 0.1) is 19.1 Å². The average Bonchev–Trinajstić information content (AvgIpc) is 2.98. The molecule has 1 aromatic rings. The maximum Gasteiger partial charge on any atom is 0.226 e. The van der Waals surface area contributed by atoms with E-state index < -0.39 is 12.0 Å². The molecule has 0 bridgehead atoms. The molecule has 1 saturated carbocycles. The van der Waals surface area contributed by atoms with Crippen molar-refractivity contribution in [2.75, 3.05) is 7.11 Å². The Morgan fingerprint density at radius 1 is 1.30 bits per heavy atom. The van der Waals surface area contributed by atoms with Crippen LogP contribution in [-0.4, -0.2) is 24.2 Å². The van der Waals surface area contributed by atoms with Gasteiger partial charge in [0.25, 0.3) is 0 Å². The van der Waals surface area contributed by atoms with E-state index in [2.05, 4.69) is 5.32 Å². The monoisotopic (exact) mass is 277 g/mol. The quantitative estimate of drug-likeness (QED) is 0.869. The second kappa shape index (κ2) is 6.75. The van der Waals surface area contributed by atoms with Crippen molar-refractivity contribution in [2.45, 2.75) is 44.8 Å². The highest BCUT2D eigenvalue weighted by atomic mass is 16.5. The molecule has 20 heavy (non-hydrogen) atoms. The van der Waals surface area contributed by atoms with Gasteiger partial charge in [-0.3, -0.25) is 4.79 Å². The summed E-state index contributed by atoms with van der Waals surface area (Å²) in [6.07, 6.45) is 3.68. The van der Waals surface area contributed by atoms with Crippen molar-refractivity contribution in [2.24, 2.45) is 5.92 Å². The van der Waals surface area contributed by atoms with Crippen molar-refractivity contribution >= 4 is 5.91 Å². The third-order valence-electron chi connectivity index (χ3n) is 4.05. The lowest BCUT2D eigenvalue weighted by molar-refractivity contribution is -0.128. The highest BCUT2D eigenvalue weighted by Gasteiger charge is 2.26. The van der Waals surface area contributed by atoms with Gasteiger partial charge in [-0.25, -0.2) is 0 Å². The van der Waals surface area contributed by atoms with Crippen LogP contribution >= 0.6 is 0 Å². The molecule has 1 fully saturated rings. The number of carbonyl (C=O) groups is 1. The van der Waals surface area contributed by atoms with E-state index in [0.29, 0.717) is 0 Å². The zero-order chi connectivity index (χ0) is 14.5. The number of rotatable bonds is 5. The van der Waals surface area contributed by atoms with E-state index in [1.54, 1.807) is 38.3 Å². The highest BCUT2D eigenvalue weighted by molar-refractivity contribution is 5.79. The van der Waals surface area contributed by atoms with Crippen LogP contribution in [0, 0.1) is 5.92 Å². The Balaban J connectivity index is 1.95. The highest BCUT2D eigenvalue weighted by Crippen LogP contribution is 2.25. The first-order valence-corrected chi connectivity index (χ1v) is 7.24. The van der Waals surface area contributed by atoms with Crippen LogP contribution in [0.3, 0.4) is 0 Å². The van der Waals surface area contributed by atoms with E-state index in [-0.39, 0.29) is 11.9 Å². The van der Waals surface area contributed by atoms with Crippen molar-refractivity contribution in [1.82, 2.24) is 5.32 Å². The summed E-state index contributed by atoms with van der Waals surface area (Å²) in [7, 11) is 1.60. The molecule has 0 spiro atoms. The second-order valence-electron chi connectivity index (χ2n) is 5.50. The summed E-state index contributed by atoms with van der Waals surface area (Å²) in [6.45, 7) is 1.76. The smallest absolute Gasteiger partial charge is 0.226 e. The van der Waals surface area contributed by atoms with E-state index >= 15 is 0 Å². The molecule has 110 valence electrons. The van der Waals surface area contributed by atoms with Gasteiger partial charge in [0, 0.05) is 6.04 Å². The number of hydrogen-bond acceptors (Lipinski definition) is 3. The predicted octanol–water partition coefficient (Wildman–Crippen LogP) is 2.42. The Labute approximate surface area is 120 Å². The molecule has 0 unspecified atom stereocenters. The Hall–Kier alpha value is -1.55. The number of hydrogen-bond donors (Lipinski definition) is 2. The number of aliphatic hydroxyl groups excluding tert-OH is 1. The van der Waals surface area contributed by atoms with Crippen LogP contribution in [-0.2, 0) is 4.79 Å². The maximum atomic E-state index is 12.1. The van der Waals surface area contributed by atoms with Gasteiger partial charge in [-0.1, -0.05) is 31.9 Å². The van der Waals surface area contributed by atoms with Gasteiger partial charge < -0.3 is 15.2 Å². The lowest BCUT2D eigenvalue weighted by Crippen LogP contribution is -2.38. The van der Waals surface area contributed by atoms with Crippen molar-refractivity contribution in [1.29, 1.82) is 0 Å². The Bertz CT molecular complexity index is 438. The van der Waals surface area contributed by atoms with E-state index in [9.17, 15) is 9.90 Å². The summed E-state index contributed by atoms with van der Waals surface area (Å²) in [4.78, 5) is 12.1. The summed E-state index contributed by atoms with van der Waals surface area (Å²) in [6, 6.07) is 7.46. The third kappa shape index (κ3) is 3.51. The Morgan fingerprint density at radius 2 is 1.90 bits per heavy atom. The maximum absolute atomic E-state index is 12.1. The number of carbonyl (C=O) groups excluding carboxylic acids is 1. The summed E-state index contributed by atoms with van der Waals surface area (Å²) < 4.78 is 5.08. The van der Waals surface area contributed by atoms with Gasteiger partial charge in [0.2, 0.25) is 5.91 Å². The van der Waals surface area contributed by atoms with Crippen molar-refractivity contribution in [3.05, 3.63) is 29.8 Å². The topological polar surface area (TPSA) is 58.6 Å². The number of ether oxygens (including phenoxy) is 1. The predicted molar refractivity (Wildman–Crippen MR) is 77.5 cm³/mol. The minimum Gasteiger partial charge on any atom is -0.497 e. The first kappa shape index (κ1) is 14.9. The molecule has 0 heterocycles. The van der Waals surface area contributed by atoms with Gasteiger partial charge in [0.1, 0.15) is 5.75 Å². The molecule has 2 rings (SSSR count). The SMILES string of the molecule is COc1ccc([C@@H](O)[C@@H](C)C(=O)NC2CCCC2)cc1. The van der Waals surface area contributed by atoms with Crippen LogP contribution in [0.25, 0.3) is 0 Å². The van der Waals surface area contributed by atoms with Crippen LogP contribution in [0.5, 0.6) is 5.75 Å². The van der Waals surface area contributed by atoms with E-state index in [4.69, 9.17) is 4.74 Å². The fourth-order valence-corrected chi connectivity index (χ4v) is 2.64. The summed E-state index contributed by atoms with van der Waals surface area (Å²) in [5, 5.41) is 13.3.